The molecule has 0 bridgehead atoms. The molecule has 0 saturated carbocycles. The summed E-state index contributed by atoms with van der Waals surface area (Å²) < 4.78 is 4.83. The van der Waals surface area contributed by atoms with Crippen LogP contribution >= 0.6 is 0 Å². The Hall–Kier alpha value is -1.34. The van der Waals surface area contributed by atoms with Gasteiger partial charge in [0.2, 0.25) is 0 Å². The molecule has 1 aliphatic rings. The lowest BCUT2D eigenvalue weighted by Crippen LogP contribution is -2.53. The lowest BCUT2D eigenvalue weighted by Gasteiger charge is -2.40. The Morgan fingerprint density at radius 3 is 2.67 bits per heavy atom. The van der Waals surface area contributed by atoms with Gasteiger partial charge >= 0.3 is 12.0 Å². The minimum Gasteiger partial charge on any atom is -0.481 e. The molecule has 0 aromatic carbocycles. The highest BCUT2D eigenvalue weighted by atomic mass is 16.5. The molecule has 1 fully saturated rings. The fourth-order valence-electron chi connectivity index (χ4n) is 2.79. The number of likely N-dealkylation sites (N-methyl/N-ethyl adjacent to an activating group) is 1. The van der Waals surface area contributed by atoms with Crippen LogP contribution in [0.1, 0.15) is 26.2 Å². The zero-order valence-corrected chi connectivity index (χ0v) is 13.0. The van der Waals surface area contributed by atoms with E-state index >= 15 is 0 Å². The van der Waals surface area contributed by atoms with Crippen molar-refractivity contribution < 1.29 is 24.5 Å². The van der Waals surface area contributed by atoms with Gasteiger partial charge in [0, 0.05) is 27.2 Å². The Morgan fingerprint density at radius 1 is 1.48 bits per heavy atom. The third kappa shape index (κ3) is 4.31. The van der Waals surface area contributed by atoms with Gasteiger partial charge in [0.1, 0.15) is 0 Å². The molecule has 1 heterocycles. The number of methoxy groups -OCH3 is 1. The van der Waals surface area contributed by atoms with Gasteiger partial charge in [-0.1, -0.05) is 6.92 Å². The zero-order valence-electron chi connectivity index (χ0n) is 13.0. The fourth-order valence-corrected chi connectivity index (χ4v) is 2.79. The van der Waals surface area contributed by atoms with Crippen LogP contribution < -0.4 is 0 Å². The van der Waals surface area contributed by atoms with Crippen molar-refractivity contribution in [2.24, 2.45) is 5.41 Å². The van der Waals surface area contributed by atoms with Gasteiger partial charge in [-0.05, 0) is 19.3 Å². The summed E-state index contributed by atoms with van der Waals surface area (Å²) in [6.07, 6.45) is 1.03. The highest BCUT2D eigenvalue weighted by molar-refractivity contribution is 5.78. The van der Waals surface area contributed by atoms with E-state index in [0.717, 1.165) is 0 Å². The van der Waals surface area contributed by atoms with Crippen LogP contribution in [0.2, 0.25) is 0 Å². The third-order valence-electron chi connectivity index (χ3n) is 4.15. The van der Waals surface area contributed by atoms with Gasteiger partial charge in [0.25, 0.3) is 0 Å². The van der Waals surface area contributed by atoms with Gasteiger partial charge in [0.15, 0.2) is 0 Å². The van der Waals surface area contributed by atoms with Crippen LogP contribution in [0.4, 0.5) is 4.79 Å². The number of rotatable bonds is 6. The molecule has 0 aromatic heterocycles. The molecule has 0 spiro atoms. The number of carbonyl (C=O) groups is 2. The highest BCUT2D eigenvalue weighted by Crippen LogP contribution is 2.34. The lowest BCUT2D eigenvalue weighted by molar-refractivity contribution is -0.152. The van der Waals surface area contributed by atoms with Crippen molar-refractivity contribution in [1.82, 2.24) is 9.80 Å². The van der Waals surface area contributed by atoms with Crippen LogP contribution in [0.3, 0.4) is 0 Å². The van der Waals surface area contributed by atoms with Crippen LogP contribution in [-0.2, 0) is 9.53 Å². The molecule has 21 heavy (non-hydrogen) atoms. The fraction of sp³-hybridized carbons (Fsp3) is 0.857. The Balaban J connectivity index is 2.67. The first-order chi connectivity index (χ1) is 9.86. The predicted octanol–water partition coefficient (Wildman–Crippen LogP) is 0.622. The Morgan fingerprint density at radius 2 is 2.14 bits per heavy atom. The molecule has 7 nitrogen and oxygen atoms in total. The highest BCUT2D eigenvalue weighted by Gasteiger charge is 2.42. The number of nitrogens with zero attached hydrogens (tertiary/aromatic N) is 2. The number of hydrogen-bond donors (Lipinski definition) is 2. The van der Waals surface area contributed by atoms with Gasteiger partial charge in [0.05, 0.1) is 24.7 Å². The van der Waals surface area contributed by atoms with Gasteiger partial charge in [-0.15, -0.1) is 0 Å². The molecule has 2 atom stereocenters. The van der Waals surface area contributed by atoms with Gasteiger partial charge in [-0.25, -0.2) is 4.79 Å². The number of likely N-dealkylation sites (tertiary alicyclic amines) is 1. The molecule has 1 saturated heterocycles. The second-order valence-corrected chi connectivity index (χ2v) is 5.74. The molecule has 1 aliphatic heterocycles. The monoisotopic (exact) mass is 302 g/mol. The van der Waals surface area contributed by atoms with Crippen molar-refractivity contribution in [1.29, 1.82) is 0 Å². The summed E-state index contributed by atoms with van der Waals surface area (Å²) in [6, 6.07) is -0.246. The Bertz CT molecular complexity index is 376. The zero-order chi connectivity index (χ0) is 16.0. The second kappa shape index (κ2) is 7.61. The molecule has 0 radical (unpaired) electrons. The number of piperidine rings is 1. The third-order valence-corrected chi connectivity index (χ3v) is 4.15. The summed E-state index contributed by atoms with van der Waals surface area (Å²) in [4.78, 5) is 26.9. The standard InChI is InChI=1S/C14H26N2O5/c1-4-14(12(18)19)6-5-7-16(10-14)13(20)15(2)8-11(17)9-21-3/h11,17H,4-10H2,1-3H3,(H,18,19). The molecule has 2 amide bonds. The van der Waals surface area contributed by atoms with E-state index in [4.69, 9.17) is 4.74 Å². The molecule has 122 valence electrons. The van der Waals surface area contributed by atoms with Crippen molar-refractivity contribution in [3.05, 3.63) is 0 Å². The number of carbonyl (C=O) groups excluding carboxylic acids is 1. The van der Waals surface area contributed by atoms with Gasteiger partial charge < -0.3 is 24.7 Å². The average molecular weight is 302 g/mol. The summed E-state index contributed by atoms with van der Waals surface area (Å²) in [6.45, 7) is 2.94. The number of aliphatic hydroxyl groups is 1. The van der Waals surface area contributed by atoms with E-state index in [9.17, 15) is 19.8 Å². The summed E-state index contributed by atoms with van der Waals surface area (Å²) in [5.74, 6) is -0.843. The molecule has 7 heteroatoms. The minimum absolute atomic E-state index is 0.158. The quantitative estimate of drug-likeness (QED) is 0.751. The number of aliphatic hydroxyl groups excluding tert-OH is 1. The normalized spacial score (nSPS) is 23.7. The molecule has 2 unspecified atom stereocenters. The summed E-state index contributed by atoms with van der Waals surface area (Å²) in [7, 11) is 3.09. The van der Waals surface area contributed by atoms with E-state index in [-0.39, 0.29) is 25.7 Å². The number of carboxylic acid groups (broad SMARTS) is 1. The SMILES string of the molecule is CCC1(C(=O)O)CCCN(C(=O)N(C)CC(O)COC)C1. The Kier molecular flexibility index (Phi) is 6.42. The average Bonchev–Trinajstić information content (AvgIpc) is 2.46. The van der Waals surface area contributed by atoms with Crippen LogP contribution in [0.5, 0.6) is 0 Å². The van der Waals surface area contributed by atoms with Crippen molar-refractivity contribution >= 4 is 12.0 Å². The van der Waals surface area contributed by atoms with Crippen molar-refractivity contribution in [2.75, 3.05) is 40.4 Å². The molecule has 0 aromatic rings. The summed E-state index contributed by atoms with van der Waals surface area (Å²) >= 11 is 0. The number of ether oxygens (including phenoxy) is 1. The first-order valence-corrected chi connectivity index (χ1v) is 7.26. The van der Waals surface area contributed by atoms with E-state index in [0.29, 0.717) is 25.8 Å². The lowest BCUT2D eigenvalue weighted by atomic mass is 9.78. The number of carboxylic acids is 1. The van der Waals surface area contributed by atoms with E-state index in [2.05, 4.69) is 0 Å². The first-order valence-electron chi connectivity index (χ1n) is 7.26. The molecule has 0 aliphatic carbocycles. The number of aliphatic carboxylic acids is 1. The number of amides is 2. The molecular weight excluding hydrogens is 276 g/mol. The maximum Gasteiger partial charge on any atom is 0.319 e. The second-order valence-electron chi connectivity index (χ2n) is 5.74. The minimum atomic E-state index is -0.847. The van der Waals surface area contributed by atoms with Crippen LogP contribution in [-0.4, -0.2) is 78.5 Å². The number of hydrogen-bond acceptors (Lipinski definition) is 4. The van der Waals surface area contributed by atoms with Crippen molar-refractivity contribution in [3.8, 4) is 0 Å². The van der Waals surface area contributed by atoms with Crippen molar-refractivity contribution in [3.63, 3.8) is 0 Å². The maximum absolute atomic E-state index is 12.4. The van der Waals surface area contributed by atoms with Gasteiger partial charge in [-0.2, -0.15) is 0 Å². The van der Waals surface area contributed by atoms with E-state index < -0.39 is 17.5 Å². The summed E-state index contributed by atoms with van der Waals surface area (Å²) in [5, 5.41) is 19.1. The van der Waals surface area contributed by atoms with Crippen LogP contribution in [0.25, 0.3) is 0 Å². The number of urea groups is 1. The van der Waals surface area contributed by atoms with E-state index in [1.54, 1.807) is 11.9 Å². The van der Waals surface area contributed by atoms with Crippen LogP contribution in [0.15, 0.2) is 0 Å². The predicted molar refractivity (Wildman–Crippen MR) is 77.1 cm³/mol. The molecular formula is C14H26N2O5. The largest absolute Gasteiger partial charge is 0.481 e. The smallest absolute Gasteiger partial charge is 0.319 e. The van der Waals surface area contributed by atoms with E-state index in [1.807, 2.05) is 6.92 Å². The first kappa shape index (κ1) is 17.7. The maximum atomic E-state index is 12.4. The van der Waals surface area contributed by atoms with E-state index in [1.165, 1.54) is 12.0 Å². The van der Waals surface area contributed by atoms with Crippen LogP contribution in [0, 0.1) is 5.41 Å². The topological polar surface area (TPSA) is 90.3 Å². The summed E-state index contributed by atoms with van der Waals surface area (Å²) in [5.41, 5.74) is -0.847. The van der Waals surface area contributed by atoms with Crippen molar-refractivity contribution in [2.45, 2.75) is 32.3 Å². The Labute approximate surface area is 125 Å². The molecule has 1 rings (SSSR count). The molecule has 2 N–H and O–H groups in total. The van der Waals surface area contributed by atoms with Gasteiger partial charge in [-0.3, -0.25) is 4.79 Å².